The normalized spacial score (nSPS) is 38.1. The number of aliphatic hydroxyl groups excluding tert-OH is 4. The standard InChI is InChI=1S/C11H18FNO9/c1-3(15)13-5-7(18)9(12)11(21,10(19)20)22-8(5)6(17)4(16)2-14/h4-9,14,16-18,21H,2H2,1H3,(H,13,15)(H,19,20)/t4-,5-,6-,7-,8-,9?,11?/m1/s1. The number of aliphatic carboxylic acids is 1. The highest BCUT2D eigenvalue weighted by Gasteiger charge is 2.61. The number of aliphatic hydroxyl groups is 5. The van der Waals surface area contributed by atoms with Gasteiger partial charge in [0.05, 0.1) is 12.6 Å². The fourth-order valence-corrected chi connectivity index (χ4v) is 2.13. The van der Waals surface area contributed by atoms with Crippen LogP contribution < -0.4 is 5.32 Å². The topological polar surface area (TPSA) is 177 Å². The van der Waals surface area contributed by atoms with Crippen LogP contribution in [0.3, 0.4) is 0 Å². The minimum Gasteiger partial charge on any atom is -0.477 e. The van der Waals surface area contributed by atoms with Crippen molar-refractivity contribution in [2.45, 2.75) is 49.3 Å². The molecule has 1 rings (SSSR count). The molecule has 1 aliphatic heterocycles. The third kappa shape index (κ3) is 3.34. The van der Waals surface area contributed by atoms with Gasteiger partial charge in [-0.25, -0.2) is 9.18 Å². The summed E-state index contributed by atoms with van der Waals surface area (Å²) in [7, 11) is 0. The maximum atomic E-state index is 13.9. The number of nitrogens with one attached hydrogen (secondary N) is 1. The maximum Gasteiger partial charge on any atom is 0.367 e. The van der Waals surface area contributed by atoms with E-state index in [4.69, 9.17) is 10.2 Å². The second-order valence-electron chi connectivity index (χ2n) is 4.94. The van der Waals surface area contributed by atoms with Gasteiger partial charge >= 0.3 is 11.8 Å². The molecule has 0 saturated carbocycles. The predicted molar refractivity (Wildman–Crippen MR) is 65.1 cm³/mol. The van der Waals surface area contributed by atoms with E-state index < -0.39 is 60.9 Å². The van der Waals surface area contributed by atoms with Gasteiger partial charge in [0.25, 0.3) is 0 Å². The largest absolute Gasteiger partial charge is 0.477 e. The molecule has 0 aromatic heterocycles. The Morgan fingerprint density at radius 1 is 1.41 bits per heavy atom. The molecule has 0 aliphatic carbocycles. The fourth-order valence-electron chi connectivity index (χ4n) is 2.13. The van der Waals surface area contributed by atoms with Crippen LogP contribution in [-0.2, 0) is 14.3 Å². The summed E-state index contributed by atoms with van der Waals surface area (Å²) in [6.07, 6.45) is -10.8. The number of carboxylic acids is 1. The Hall–Kier alpha value is -1.37. The third-order valence-corrected chi connectivity index (χ3v) is 3.31. The van der Waals surface area contributed by atoms with Crippen molar-refractivity contribution in [1.29, 1.82) is 0 Å². The van der Waals surface area contributed by atoms with Crippen molar-refractivity contribution in [1.82, 2.24) is 5.32 Å². The minimum absolute atomic E-state index is 0.767. The number of amides is 1. The van der Waals surface area contributed by atoms with E-state index in [1.807, 2.05) is 5.32 Å². The summed E-state index contributed by atoms with van der Waals surface area (Å²) in [5, 5.41) is 58.4. The van der Waals surface area contributed by atoms with E-state index in [-0.39, 0.29) is 0 Å². The number of carbonyl (C=O) groups is 2. The Morgan fingerprint density at radius 3 is 2.36 bits per heavy atom. The lowest BCUT2D eigenvalue weighted by Crippen LogP contribution is -2.72. The zero-order chi connectivity index (χ0) is 17.2. The Balaban J connectivity index is 3.19. The predicted octanol–water partition coefficient (Wildman–Crippen LogP) is -3.92. The molecule has 1 fully saturated rings. The van der Waals surface area contributed by atoms with Crippen LogP contribution in [-0.4, -0.2) is 91.5 Å². The molecule has 0 aromatic rings. The van der Waals surface area contributed by atoms with Gasteiger partial charge < -0.3 is 40.7 Å². The molecule has 0 radical (unpaired) electrons. The average molecular weight is 327 g/mol. The smallest absolute Gasteiger partial charge is 0.367 e. The molecule has 7 N–H and O–H groups in total. The van der Waals surface area contributed by atoms with Crippen molar-refractivity contribution in [3.05, 3.63) is 0 Å². The Morgan fingerprint density at radius 2 is 1.95 bits per heavy atom. The van der Waals surface area contributed by atoms with Crippen LogP contribution in [0.4, 0.5) is 4.39 Å². The molecule has 2 unspecified atom stereocenters. The summed E-state index contributed by atoms with van der Waals surface area (Å²) < 4.78 is 18.5. The van der Waals surface area contributed by atoms with Gasteiger partial charge in [-0.1, -0.05) is 0 Å². The van der Waals surface area contributed by atoms with Crippen molar-refractivity contribution >= 4 is 11.9 Å². The summed E-state index contributed by atoms with van der Waals surface area (Å²) in [4.78, 5) is 22.1. The minimum atomic E-state index is -3.49. The van der Waals surface area contributed by atoms with E-state index in [1.54, 1.807) is 0 Å². The van der Waals surface area contributed by atoms with E-state index >= 15 is 0 Å². The van der Waals surface area contributed by atoms with Crippen LogP contribution in [0.1, 0.15) is 6.92 Å². The van der Waals surface area contributed by atoms with Gasteiger partial charge in [-0.3, -0.25) is 4.79 Å². The molecule has 0 aromatic carbocycles. The number of carbonyl (C=O) groups excluding carboxylic acids is 1. The van der Waals surface area contributed by atoms with Crippen molar-refractivity contribution in [2.24, 2.45) is 0 Å². The summed E-state index contributed by atoms with van der Waals surface area (Å²) in [5.74, 6) is -6.43. The van der Waals surface area contributed by atoms with Crippen molar-refractivity contribution in [3.63, 3.8) is 0 Å². The monoisotopic (exact) mass is 327 g/mol. The van der Waals surface area contributed by atoms with Crippen molar-refractivity contribution in [2.75, 3.05) is 6.61 Å². The number of alkyl halides is 1. The summed E-state index contributed by atoms with van der Waals surface area (Å²) >= 11 is 0. The summed E-state index contributed by atoms with van der Waals surface area (Å²) in [5.41, 5.74) is 0. The lowest BCUT2D eigenvalue weighted by atomic mass is 9.87. The first-order valence-electron chi connectivity index (χ1n) is 6.26. The second-order valence-corrected chi connectivity index (χ2v) is 4.94. The van der Waals surface area contributed by atoms with E-state index in [2.05, 4.69) is 4.74 Å². The number of hydrogen-bond acceptors (Lipinski definition) is 8. The van der Waals surface area contributed by atoms with Gasteiger partial charge in [0, 0.05) is 6.92 Å². The first-order chi connectivity index (χ1) is 10.1. The van der Waals surface area contributed by atoms with Gasteiger partial charge in [-0.05, 0) is 0 Å². The molecule has 1 aliphatic rings. The second kappa shape index (κ2) is 6.81. The number of ether oxygens (including phenoxy) is 1. The van der Waals surface area contributed by atoms with Crippen LogP contribution in [0.5, 0.6) is 0 Å². The number of rotatable bonds is 5. The number of hydrogen-bond donors (Lipinski definition) is 7. The number of halogens is 1. The molecule has 22 heavy (non-hydrogen) atoms. The average Bonchev–Trinajstić information content (AvgIpc) is 2.45. The number of carboxylic acid groups (broad SMARTS) is 1. The lowest BCUT2D eigenvalue weighted by Gasteiger charge is -2.46. The molecule has 1 saturated heterocycles. The van der Waals surface area contributed by atoms with Crippen LogP contribution >= 0.6 is 0 Å². The highest BCUT2D eigenvalue weighted by atomic mass is 19.1. The molecule has 128 valence electrons. The van der Waals surface area contributed by atoms with Crippen LogP contribution in [0.25, 0.3) is 0 Å². The van der Waals surface area contributed by atoms with Crippen LogP contribution in [0.15, 0.2) is 0 Å². The molecular weight excluding hydrogens is 309 g/mol. The van der Waals surface area contributed by atoms with Gasteiger partial charge in [-0.2, -0.15) is 0 Å². The van der Waals surface area contributed by atoms with E-state index in [9.17, 15) is 34.4 Å². The van der Waals surface area contributed by atoms with Gasteiger partial charge in [0.1, 0.15) is 24.4 Å². The quantitative estimate of drug-likeness (QED) is 0.266. The first kappa shape index (κ1) is 18.7. The van der Waals surface area contributed by atoms with Gasteiger partial charge in [-0.15, -0.1) is 0 Å². The Labute approximate surface area is 123 Å². The maximum absolute atomic E-state index is 13.9. The molecule has 1 heterocycles. The SMILES string of the molecule is CC(=O)N[C@H]1[C@H]([C@H](O)[C@H](O)CO)OC(O)(C(=O)O)C(F)[C@@H]1O. The fraction of sp³-hybridized carbons (Fsp3) is 0.818. The third-order valence-electron chi connectivity index (χ3n) is 3.31. The summed E-state index contributed by atoms with van der Waals surface area (Å²) in [6, 6.07) is -1.66. The van der Waals surface area contributed by atoms with Crippen LogP contribution in [0.2, 0.25) is 0 Å². The molecule has 0 bridgehead atoms. The Kier molecular flexibility index (Phi) is 5.78. The van der Waals surface area contributed by atoms with Crippen LogP contribution in [0, 0.1) is 0 Å². The van der Waals surface area contributed by atoms with Crippen molar-refractivity contribution < 1.29 is 49.4 Å². The highest BCUT2D eigenvalue weighted by molar-refractivity contribution is 5.77. The molecule has 10 nitrogen and oxygen atoms in total. The first-order valence-corrected chi connectivity index (χ1v) is 6.26. The van der Waals surface area contributed by atoms with Gasteiger partial charge in [0.2, 0.25) is 5.91 Å². The Bertz CT molecular complexity index is 436. The van der Waals surface area contributed by atoms with E-state index in [0.717, 1.165) is 6.92 Å². The molecule has 11 heteroatoms. The van der Waals surface area contributed by atoms with E-state index in [1.165, 1.54) is 0 Å². The summed E-state index contributed by atoms with van der Waals surface area (Å²) in [6.45, 7) is 0.0400. The molecule has 7 atom stereocenters. The molecular formula is C11H18FNO9. The molecule has 1 amide bonds. The zero-order valence-corrected chi connectivity index (χ0v) is 11.5. The van der Waals surface area contributed by atoms with Gasteiger partial charge in [0.15, 0.2) is 6.17 Å². The molecule has 0 spiro atoms. The van der Waals surface area contributed by atoms with Crippen molar-refractivity contribution in [3.8, 4) is 0 Å². The zero-order valence-electron chi connectivity index (χ0n) is 11.5. The highest BCUT2D eigenvalue weighted by Crippen LogP contribution is 2.32. The van der Waals surface area contributed by atoms with E-state index in [0.29, 0.717) is 0 Å². The lowest BCUT2D eigenvalue weighted by molar-refractivity contribution is -0.320.